The Morgan fingerprint density at radius 1 is 1.24 bits per heavy atom. The van der Waals surface area contributed by atoms with Crippen molar-refractivity contribution >= 4 is 34.0 Å². The number of hydrogen-bond donors (Lipinski definition) is 3. The summed E-state index contributed by atoms with van der Waals surface area (Å²) in [5, 5.41) is 7.12. The van der Waals surface area contributed by atoms with Crippen molar-refractivity contribution in [2.45, 2.75) is 18.9 Å². The van der Waals surface area contributed by atoms with Crippen LogP contribution in [0.3, 0.4) is 0 Å². The molecule has 21 heavy (non-hydrogen) atoms. The highest BCUT2D eigenvalue weighted by Gasteiger charge is 2.28. The van der Waals surface area contributed by atoms with E-state index in [4.69, 9.17) is 15.2 Å². The van der Waals surface area contributed by atoms with Gasteiger partial charge in [-0.15, -0.1) is 11.3 Å². The molecule has 0 radical (unpaired) electrons. The summed E-state index contributed by atoms with van der Waals surface area (Å²) in [5.41, 5.74) is 6.23. The molecule has 0 unspecified atom stereocenters. The second-order valence-electron chi connectivity index (χ2n) is 4.70. The summed E-state index contributed by atoms with van der Waals surface area (Å²) in [6.07, 6.45) is 1.87. The number of nitrogen functional groups attached to an aromatic ring is 1. The standard InChI is InChI=1S/C13H19N3O4S/c1-19-12(17)8-9(14)10(13(18)20-2)21-11(8)16-7-3-5-15-6-4-7/h7,15-16H,3-6,14H2,1-2H3. The highest BCUT2D eigenvalue weighted by Crippen LogP contribution is 2.37. The SMILES string of the molecule is COC(=O)c1sc(NC2CCNCC2)c(C(=O)OC)c1N. The van der Waals surface area contributed by atoms with E-state index in [1.807, 2.05) is 0 Å². The van der Waals surface area contributed by atoms with Gasteiger partial charge in [-0.05, 0) is 25.9 Å². The molecule has 1 aromatic rings. The average molecular weight is 313 g/mol. The van der Waals surface area contributed by atoms with E-state index in [1.54, 1.807) is 0 Å². The van der Waals surface area contributed by atoms with E-state index in [0.29, 0.717) is 5.00 Å². The molecule has 1 saturated heterocycles. The van der Waals surface area contributed by atoms with Crippen LogP contribution in [0.15, 0.2) is 0 Å². The number of methoxy groups -OCH3 is 2. The molecule has 4 N–H and O–H groups in total. The van der Waals surface area contributed by atoms with Crippen molar-refractivity contribution in [1.82, 2.24) is 5.32 Å². The van der Waals surface area contributed by atoms with Gasteiger partial charge in [-0.1, -0.05) is 0 Å². The summed E-state index contributed by atoms with van der Waals surface area (Å²) < 4.78 is 9.45. The number of carbonyl (C=O) groups excluding carboxylic acids is 2. The van der Waals surface area contributed by atoms with Gasteiger partial charge in [-0.25, -0.2) is 9.59 Å². The molecule has 0 amide bonds. The summed E-state index contributed by atoms with van der Waals surface area (Å²) in [4.78, 5) is 23.9. The van der Waals surface area contributed by atoms with E-state index in [9.17, 15) is 9.59 Å². The molecule has 0 saturated carbocycles. The number of nitrogens with two attached hydrogens (primary N) is 1. The zero-order valence-corrected chi connectivity index (χ0v) is 12.8. The normalized spacial score (nSPS) is 15.5. The minimum absolute atomic E-state index is 0.107. The van der Waals surface area contributed by atoms with Crippen LogP contribution < -0.4 is 16.4 Å². The van der Waals surface area contributed by atoms with Gasteiger partial charge in [0.1, 0.15) is 15.4 Å². The van der Waals surface area contributed by atoms with Gasteiger partial charge in [0.15, 0.2) is 0 Å². The number of anilines is 2. The van der Waals surface area contributed by atoms with E-state index in [2.05, 4.69) is 10.6 Å². The van der Waals surface area contributed by atoms with Gasteiger partial charge in [-0.2, -0.15) is 0 Å². The molecule has 1 aliphatic rings. The fourth-order valence-corrected chi connectivity index (χ4v) is 3.35. The van der Waals surface area contributed by atoms with Crippen LogP contribution in [0.25, 0.3) is 0 Å². The van der Waals surface area contributed by atoms with Gasteiger partial charge in [0.2, 0.25) is 0 Å². The van der Waals surface area contributed by atoms with Crippen molar-refractivity contribution in [3.63, 3.8) is 0 Å². The topological polar surface area (TPSA) is 103 Å². The first-order valence-electron chi connectivity index (χ1n) is 6.64. The number of esters is 2. The summed E-state index contributed by atoms with van der Waals surface area (Å²) in [5.74, 6) is -1.11. The van der Waals surface area contributed by atoms with Gasteiger partial charge < -0.3 is 25.8 Å². The number of carbonyl (C=O) groups is 2. The van der Waals surface area contributed by atoms with Crippen LogP contribution in [0.1, 0.15) is 32.9 Å². The third-order valence-corrected chi connectivity index (χ3v) is 4.50. The maximum Gasteiger partial charge on any atom is 0.350 e. The van der Waals surface area contributed by atoms with E-state index >= 15 is 0 Å². The van der Waals surface area contributed by atoms with Gasteiger partial charge in [0.25, 0.3) is 0 Å². The van der Waals surface area contributed by atoms with Crippen molar-refractivity contribution < 1.29 is 19.1 Å². The molecule has 8 heteroatoms. The van der Waals surface area contributed by atoms with Crippen LogP contribution >= 0.6 is 11.3 Å². The zero-order chi connectivity index (χ0) is 15.4. The summed E-state index contributed by atoms with van der Waals surface area (Å²) in [6.45, 7) is 1.83. The molecule has 0 spiro atoms. The molecular formula is C13H19N3O4S. The minimum atomic E-state index is -0.560. The largest absolute Gasteiger partial charge is 0.465 e. The van der Waals surface area contributed by atoms with Crippen molar-refractivity contribution in [2.75, 3.05) is 38.4 Å². The van der Waals surface area contributed by atoms with Gasteiger partial charge >= 0.3 is 11.9 Å². The number of hydrogen-bond acceptors (Lipinski definition) is 8. The Morgan fingerprint density at radius 3 is 2.43 bits per heavy atom. The average Bonchev–Trinajstić information content (AvgIpc) is 2.83. The maximum absolute atomic E-state index is 11.9. The molecule has 7 nitrogen and oxygen atoms in total. The lowest BCUT2D eigenvalue weighted by Crippen LogP contribution is -2.35. The van der Waals surface area contributed by atoms with E-state index in [-0.39, 0.29) is 22.2 Å². The molecule has 0 bridgehead atoms. The molecular weight excluding hydrogens is 294 g/mol. The molecule has 2 rings (SSSR count). The Kier molecular flexibility index (Phi) is 5.03. The number of thiophene rings is 1. The van der Waals surface area contributed by atoms with Gasteiger partial charge in [0.05, 0.1) is 19.9 Å². The quantitative estimate of drug-likeness (QED) is 0.714. The molecule has 0 aliphatic carbocycles. The zero-order valence-electron chi connectivity index (χ0n) is 12.0. The lowest BCUT2D eigenvalue weighted by atomic mass is 10.1. The lowest BCUT2D eigenvalue weighted by molar-refractivity contribution is 0.0602. The first-order chi connectivity index (χ1) is 10.1. The van der Waals surface area contributed by atoms with E-state index < -0.39 is 11.9 Å². The number of nitrogens with one attached hydrogen (secondary N) is 2. The monoisotopic (exact) mass is 313 g/mol. The first-order valence-corrected chi connectivity index (χ1v) is 7.46. The Morgan fingerprint density at radius 2 is 1.86 bits per heavy atom. The fourth-order valence-electron chi connectivity index (χ4n) is 2.25. The highest BCUT2D eigenvalue weighted by molar-refractivity contribution is 7.19. The van der Waals surface area contributed by atoms with Crippen LogP contribution in [-0.2, 0) is 9.47 Å². The fraction of sp³-hybridized carbons (Fsp3) is 0.538. The van der Waals surface area contributed by atoms with Crippen molar-refractivity contribution in [2.24, 2.45) is 0 Å². The smallest absolute Gasteiger partial charge is 0.350 e. The second kappa shape index (κ2) is 6.77. The predicted octanol–water partition coefficient (Wildman–Crippen LogP) is 1.07. The molecule has 1 fully saturated rings. The molecule has 2 heterocycles. The van der Waals surface area contributed by atoms with Gasteiger partial charge in [-0.3, -0.25) is 0 Å². The molecule has 116 valence electrons. The first kappa shape index (κ1) is 15.6. The number of piperidine rings is 1. The van der Waals surface area contributed by atoms with Crippen molar-refractivity contribution in [3.8, 4) is 0 Å². The van der Waals surface area contributed by atoms with Crippen LogP contribution in [0.4, 0.5) is 10.7 Å². The molecule has 0 atom stereocenters. The predicted molar refractivity (Wildman–Crippen MR) is 80.9 cm³/mol. The third-order valence-electron chi connectivity index (χ3n) is 3.38. The van der Waals surface area contributed by atoms with Crippen molar-refractivity contribution in [3.05, 3.63) is 10.4 Å². The minimum Gasteiger partial charge on any atom is -0.465 e. The Labute approximate surface area is 126 Å². The van der Waals surface area contributed by atoms with Crippen molar-refractivity contribution in [1.29, 1.82) is 0 Å². The number of rotatable bonds is 4. The van der Waals surface area contributed by atoms with Crippen LogP contribution in [0, 0.1) is 0 Å². The van der Waals surface area contributed by atoms with Crippen LogP contribution in [0.2, 0.25) is 0 Å². The van der Waals surface area contributed by atoms with E-state index in [1.165, 1.54) is 14.2 Å². The van der Waals surface area contributed by atoms with E-state index in [0.717, 1.165) is 37.3 Å². The van der Waals surface area contributed by atoms with Crippen LogP contribution in [0.5, 0.6) is 0 Å². The summed E-state index contributed by atoms with van der Waals surface area (Å²) >= 11 is 1.12. The Bertz CT molecular complexity index is 538. The van der Waals surface area contributed by atoms with Crippen LogP contribution in [-0.4, -0.2) is 45.3 Å². The maximum atomic E-state index is 11.9. The summed E-state index contributed by atoms with van der Waals surface area (Å²) in [7, 11) is 2.56. The molecule has 1 aromatic heterocycles. The second-order valence-corrected chi connectivity index (χ2v) is 5.72. The Hall–Kier alpha value is -1.80. The third kappa shape index (κ3) is 3.27. The highest BCUT2D eigenvalue weighted by atomic mass is 32.1. The molecule has 1 aliphatic heterocycles. The lowest BCUT2D eigenvalue weighted by Gasteiger charge is -2.24. The molecule has 0 aromatic carbocycles. The summed E-state index contributed by atoms with van der Waals surface area (Å²) in [6, 6.07) is 0.234. The number of ether oxygens (including phenoxy) is 2. The van der Waals surface area contributed by atoms with Gasteiger partial charge in [0, 0.05) is 6.04 Å². The Balaban J connectivity index is 2.33.